The molecule has 0 fully saturated rings. The summed E-state index contributed by atoms with van der Waals surface area (Å²) in [5, 5.41) is 5.93. The van der Waals surface area contributed by atoms with Gasteiger partial charge in [-0.15, -0.1) is 0 Å². The van der Waals surface area contributed by atoms with Crippen LogP contribution in [0.1, 0.15) is 11.3 Å². The Bertz CT molecular complexity index is 569. The quantitative estimate of drug-likeness (QED) is 0.874. The van der Waals surface area contributed by atoms with Crippen LogP contribution in [0.2, 0.25) is 0 Å². The molecule has 0 unspecified atom stereocenters. The van der Waals surface area contributed by atoms with Gasteiger partial charge in [0.15, 0.2) is 0 Å². The molecule has 0 saturated carbocycles. The third kappa shape index (κ3) is 2.74. The van der Waals surface area contributed by atoms with Crippen molar-refractivity contribution in [3.8, 4) is 0 Å². The zero-order valence-electron chi connectivity index (χ0n) is 10.6. The molecule has 2 rings (SSSR count). The number of aryl methyl sites for hydroxylation is 2. The maximum absolute atomic E-state index is 13.4. The number of hydrogen-bond acceptors (Lipinski definition) is 4. The smallest absolute Gasteiger partial charge is 0.224 e. The maximum Gasteiger partial charge on any atom is 0.224 e. The van der Waals surface area contributed by atoms with Gasteiger partial charge in [-0.25, -0.2) is 9.37 Å². The standard InChI is InChI=1S/C13H15FN4/c1-8-4-5-10(7-11(8)14)17-12-6-9(2)16-13(15-3)18-12/h4-7H,1-3H3,(H2,15,16,17,18). The van der Waals surface area contributed by atoms with Crippen LogP contribution in [0, 0.1) is 19.7 Å². The molecule has 0 bridgehead atoms. The van der Waals surface area contributed by atoms with Gasteiger partial charge in [0.2, 0.25) is 5.95 Å². The fourth-order valence-corrected chi connectivity index (χ4v) is 1.56. The third-order valence-corrected chi connectivity index (χ3v) is 2.52. The first-order valence-electron chi connectivity index (χ1n) is 5.65. The van der Waals surface area contributed by atoms with Crippen molar-refractivity contribution >= 4 is 17.5 Å². The number of anilines is 3. The highest BCUT2D eigenvalue weighted by Crippen LogP contribution is 2.19. The maximum atomic E-state index is 13.4. The predicted molar refractivity (Wildman–Crippen MR) is 70.7 cm³/mol. The van der Waals surface area contributed by atoms with Crippen molar-refractivity contribution in [2.45, 2.75) is 13.8 Å². The summed E-state index contributed by atoms with van der Waals surface area (Å²) < 4.78 is 13.4. The molecule has 94 valence electrons. The van der Waals surface area contributed by atoms with Crippen LogP contribution >= 0.6 is 0 Å². The van der Waals surface area contributed by atoms with Crippen LogP contribution in [0.3, 0.4) is 0 Å². The van der Waals surface area contributed by atoms with E-state index in [2.05, 4.69) is 20.6 Å². The van der Waals surface area contributed by atoms with E-state index in [9.17, 15) is 4.39 Å². The Morgan fingerprint density at radius 2 is 1.89 bits per heavy atom. The van der Waals surface area contributed by atoms with Crippen molar-refractivity contribution in [1.29, 1.82) is 0 Å². The highest BCUT2D eigenvalue weighted by atomic mass is 19.1. The minimum absolute atomic E-state index is 0.236. The Balaban J connectivity index is 2.27. The average Bonchev–Trinajstić information content (AvgIpc) is 2.33. The second-order valence-electron chi connectivity index (χ2n) is 4.06. The van der Waals surface area contributed by atoms with Gasteiger partial charge in [0, 0.05) is 24.5 Å². The number of nitrogens with one attached hydrogen (secondary N) is 2. The number of rotatable bonds is 3. The highest BCUT2D eigenvalue weighted by Gasteiger charge is 2.03. The van der Waals surface area contributed by atoms with Crippen molar-refractivity contribution < 1.29 is 4.39 Å². The van der Waals surface area contributed by atoms with E-state index >= 15 is 0 Å². The van der Waals surface area contributed by atoms with Gasteiger partial charge in [0.25, 0.3) is 0 Å². The number of halogens is 1. The molecule has 5 heteroatoms. The molecule has 2 N–H and O–H groups in total. The summed E-state index contributed by atoms with van der Waals surface area (Å²) in [6.07, 6.45) is 0. The molecule has 4 nitrogen and oxygen atoms in total. The van der Waals surface area contributed by atoms with Crippen LogP contribution in [0.25, 0.3) is 0 Å². The molecule has 18 heavy (non-hydrogen) atoms. The first-order valence-corrected chi connectivity index (χ1v) is 5.65. The molecule has 1 heterocycles. The van der Waals surface area contributed by atoms with Gasteiger partial charge in [-0.1, -0.05) is 6.07 Å². The fraction of sp³-hybridized carbons (Fsp3) is 0.231. The summed E-state index contributed by atoms with van der Waals surface area (Å²) in [4.78, 5) is 8.43. The lowest BCUT2D eigenvalue weighted by atomic mass is 10.2. The van der Waals surface area contributed by atoms with Crippen molar-refractivity contribution in [1.82, 2.24) is 9.97 Å². The minimum Gasteiger partial charge on any atom is -0.357 e. The summed E-state index contributed by atoms with van der Waals surface area (Å²) >= 11 is 0. The molecule has 0 atom stereocenters. The first-order chi connectivity index (χ1) is 8.58. The van der Waals surface area contributed by atoms with E-state index in [0.29, 0.717) is 23.0 Å². The summed E-state index contributed by atoms with van der Waals surface area (Å²) in [6.45, 7) is 3.61. The summed E-state index contributed by atoms with van der Waals surface area (Å²) in [7, 11) is 1.75. The molecule has 0 spiro atoms. The Morgan fingerprint density at radius 1 is 1.11 bits per heavy atom. The molecular formula is C13H15FN4. The lowest BCUT2D eigenvalue weighted by Gasteiger charge is -2.09. The van der Waals surface area contributed by atoms with Crippen LogP contribution in [-0.2, 0) is 0 Å². The molecular weight excluding hydrogens is 231 g/mol. The van der Waals surface area contributed by atoms with Crippen LogP contribution < -0.4 is 10.6 Å². The van der Waals surface area contributed by atoms with Gasteiger partial charge in [-0.2, -0.15) is 4.98 Å². The van der Waals surface area contributed by atoms with E-state index < -0.39 is 0 Å². The molecule has 0 saturated heterocycles. The Morgan fingerprint density at radius 3 is 2.56 bits per heavy atom. The van der Waals surface area contributed by atoms with Gasteiger partial charge < -0.3 is 10.6 Å². The van der Waals surface area contributed by atoms with Crippen molar-refractivity contribution in [3.63, 3.8) is 0 Å². The summed E-state index contributed by atoms with van der Waals surface area (Å²) in [5.74, 6) is 0.930. The predicted octanol–water partition coefficient (Wildman–Crippen LogP) is 3.02. The number of nitrogens with zero attached hydrogens (tertiary/aromatic N) is 2. The van der Waals surface area contributed by atoms with Crippen molar-refractivity contribution in [2.75, 3.05) is 17.7 Å². The Labute approximate surface area is 105 Å². The average molecular weight is 246 g/mol. The minimum atomic E-state index is -0.236. The Kier molecular flexibility index (Phi) is 3.41. The van der Waals surface area contributed by atoms with Crippen molar-refractivity contribution in [2.24, 2.45) is 0 Å². The summed E-state index contributed by atoms with van der Waals surface area (Å²) in [5.41, 5.74) is 2.12. The van der Waals surface area contributed by atoms with E-state index in [-0.39, 0.29) is 5.82 Å². The normalized spacial score (nSPS) is 10.2. The van der Waals surface area contributed by atoms with E-state index in [1.54, 1.807) is 26.1 Å². The van der Waals surface area contributed by atoms with Crippen molar-refractivity contribution in [3.05, 3.63) is 41.3 Å². The molecule has 0 radical (unpaired) electrons. The molecule has 2 aromatic rings. The molecule has 0 aliphatic rings. The van der Waals surface area contributed by atoms with E-state index in [0.717, 1.165) is 5.69 Å². The molecule has 1 aromatic heterocycles. The summed E-state index contributed by atoms with van der Waals surface area (Å²) in [6, 6.07) is 6.80. The fourth-order valence-electron chi connectivity index (χ4n) is 1.56. The van der Waals surface area contributed by atoms with Gasteiger partial charge in [0.1, 0.15) is 11.6 Å². The zero-order valence-corrected chi connectivity index (χ0v) is 10.6. The largest absolute Gasteiger partial charge is 0.357 e. The monoisotopic (exact) mass is 246 g/mol. The first kappa shape index (κ1) is 12.3. The van der Waals surface area contributed by atoms with E-state index in [1.165, 1.54) is 6.07 Å². The van der Waals surface area contributed by atoms with E-state index in [1.807, 2.05) is 13.0 Å². The Hall–Kier alpha value is -2.17. The number of benzene rings is 1. The molecule has 0 aliphatic carbocycles. The van der Waals surface area contributed by atoms with Crippen LogP contribution in [0.5, 0.6) is 0 Å². The lowest BCUT2D eigenvalue weighted by Crippen LogP contribution is -2.02. The number of aromatic nitrogens is 2. The number of hydrogen-bond donors (Lipinski definition) is 2. The second kappa shape index (κ2) is 5.00. The van der Waals surface area contributed by atoms with Crippen LogP contribution in [-0.4, -0.2) is 17.0 Å². The third-order valence-electron chi connectivity index (χ3n) is 2.52. The van der Waals surface area contributed by atoms with Crippen LogP contribution in [0.15, 0.2) is 24.3 Å². The molecule has 0 aliphatic heterocycles. The van der Waals surface area contributed by atoms with Gasteiger partial charge >= 0.3 is 0 Å². The van der Waals surface area contributed by atoms with E-state index in [4.69, 9.17) is 0 Å². The molecule has 1 aromatic carbocycles. The van der Waals surface area contributed by atoms with Gasteiger partial charge in [-0.05, 0) is 31.5 Å². The highest BCUT2D eigenvalue weighted by molar-refractivity contribution is 5.58. The second-order valence-corrected chi connectivity index (χ2v) is 4.06. The lowest BCUT2D eigenvalue weighted by molar-refractivity contribution is 0.619. The van der Waals surface area contributed by atoms with Gasteiger partial charge in [-0.3, -0.25) is 0 Å². The van der Waals surface area contributed by atoms with Gasteiger partial charge in [0.05, 0.1) is 0 Å². The van der Waals surface area contributed by atoms with Crippen LogP contribution in [0.4, 0.5) is 21.8 Å². The SMILES string of the molecule is CNc1nc(C)cc(Nc2ccc(C)c(F)c2)n1. The molecule has 0 amide bonds. The zero-order chi connectivity index (χ0) is 13.1. The topological polar surface area (TPSA) is 49.8 Å².